The molecular weight excluding hydrogens is 322 g/mol. The van der Waals surface area contributed by atoms with Gasteiger partial charge in [0.25, 0.3) is 0 Å². The van der Waals surface area contributed by atoms with E-state index in [-0.39, 0.29) is 6.03 Å². The van der Waals surface area contributed by atoms with Crippen LogP contribution in [0.5, 0.6) is 0 Å². The van der Waals surface area contributed by atoms with Crippen LogP contribution in [0.15, 0.2) is 48.5 Å². The Morgan fingerprint density at radius 3 is 2.12 bits per heavy atom. The molecule has 0 radical (unpaired) electrons. The highest BCUT2D eigenvalue weighted by molar-refractivity contribution is 6.30. The van der Waals surface area contributed by atoms with Crippen molar-refractivity contribution in [3.63, 3.8) is 0 Å². The number of rotatable bonds is 6. The van der Waals surface area contributed by atoms with E-state index in [0.717, 1.165) is 28.3 Å². The van der Waals surface area contributed by atoms with Gasteiger partial charge in [0.1, 0.15) is 0 Å². The molecule has 0 aliphatic carbocycles. The monoisotopic (exact) mass is 345 g/mol. The number of halogens is 1. The van der Waals surface area contributed by atoms with Gasteiger partial charge in [-0.2, -0.15) is 0 Å². The molecule has 128 valence electrons. The second kappa shape index (κ2) is 8.60. The van der Waals surface area contributed by atoms with Crippen molar-refractivity contribution in [2.75, 3.05) is 32.6 Å². The molecule has 0 aliphatic rings. The minimum Gasteiger partial charge on any atom is -0.378 e. The summed E-state index contributed by atoms with van der Waals surface area (Å²) < 4.78 is 0. The van der Waals surface area contributed by atoms with Gasteiger partial charge in [0.05, 0.1) is 0 Å². The summed E-state index contributed by atoms with van der Waals surface area (Å²) in [5.74, 6) is 0. The van der Waals surface area contributed by atoms with Crippen LogP contribution in [0.1, 0.15) is 11.1 Å². The molecule has 0 aliphatic heterocycles. The standard InChI is InChI=1S/C19H24ClN3O/c1-22(2)18-10-6-16(7-11-18)14-23(3)19(24)21-13-12-15-4-8-17(20)9-5-15/h4-11H,12-14H2,1-3H3,(H,21,24). The Morgan fingerprint density at radius 1 is 0.958 bits per heavy atom. The van der Waals surface area contributed by atoms with Crippen LogP contribution in [-0.2, 0) is 13.0 Å². The van der Waals surface area contributed by atoms with Crippen LogP contribution in [0.2, 0.25) is 5.02 Å². The highest BCUT2D eigenvalue weighted by Crippen LogP contribution is 2.13. The van der Waals surface area contributed by atoms with Gasteiger partial charge in [-0.25, -0.2) is 4.79 Å². The average Bonchev–Trinajstić information content (AvgIpc) is 2.57. The van der Waals surface area contributed by atoms with Gasteiger partial charge in [0, 0.05) is 44.9 Å². The highest BCUT2D eigenvalue weighted by atomic mass is 35.5. The molecular formula is C19H24ClN3O. The van der Waals surface area contributed by atoms with E-state index in [0.29, 0.717) is 13.1 Å². The zero-order valence-corrected chi connectivity index (χ0v) is 15.2. The number of hydrogen-bond acceptors (Lipinski definition) is 2. The van der Waals surface area contributed by atoms with E-state index in [9.17, 15) is 4.79 Å². The van der Waals surface area contributed by atoms with Gasteiger partial charge in [-0.15, -0.1) is 0 Å². The predicted molar refractivity (Wildman–Crippen MR) is 101 cm³/mol. The molecule has 2 amide bonds. The first-order chi connectivity index (χ1) is 11.5. The Hall–Kier alpha value is -2.20. The molecule has 0 bridgehead atoms. The molecule has 24 heavy (non-hydrogen) atoms. The third-order valence-corrected chi connectivity index (χ3v) is 4.07. The van der Waals surface area contributed by atoms with E-state index in [2.05, 4.69) is 22.3 Å². The average molecular weight is 346 g/mol. The number of urea groups is 1. The number of carbonyl (C=O) groups excluding carboxylic acids is 1. The van der Waals surface area contributed by atoms with Crippen molar-refractivity contribution in [2.24, 2.45) is 0 Å². The first-order valence-electron chi connectivity index (χ1n) is 7.95. The topological polar surface area (TPSA) is 35.6 Å². The second-order valence-electron chi connectivity index (χ2n) is 6.03. The maximum absolute atomic E-state index is 12.2. The fourth-order valence-electron chi connectivity index (χ4n) is 2.34. The van der Waals surface area contributed by atoms with Gasteiger partial charge in [-0.05, 0) is 41.8 Å². The third kappa shape index (κ3) is 5.46. The number of benzene rings is 2. The molecule has 2 aromatic carbocycles. The van der Waals surface area contributed by atoms with Crippen LogP contribution >= 0.6 is 11.6 Å². The van der Waals surface area contributed by atoms with Crippen LogP contribution in [0, 0.1) is 0 Å². The van der Waals surface area contributed by atoms with Crippen LogP contribution in [-0.4, -0.2) is 38.6 Å². The summed E-state index contributed by atoms with van der Waals surface area (Å²) in [7, 11) is 5.82. The van der Waals surface area contributed by atoms with Crippen molar-refractivity contribution in [1.29, 1.82) is 0 Å². The molecule has 0 spiro atoms. The lowest BCUT2D eigenvalue weighted by molar-refractivity contribution is 0.207. The first kappa shape index (κ1) is 18.1. The molecule has 0 aromatic heterocycles. The molecule has 0 atom stereocenters. The Kier molecular flexibility index (Phi) is 6.50. The predicted octanol–water partition coefficient (Wildman–Crippen LogP) is 3.79. The lowest BCUT2D eigenvalue weighted by Crippen LogP contribution is -2.37. The molecule has 4 nitrogen and oxygen atoms in total. The maximum Gasteiger partial charge on any atom is 0.317 e. The summed E-state index contributed by atoms with van der Waals surface area (Å²) >= 11 is 5.86. The van der Waals surface area contributed by atoms with Crippen molar-refractivity contribution in [3.05, 3.63) is 64.7 Å². The summed E-state index contributed by atoms with van der Waals surface area (Å²) in [6, 6.07) is 15.8. The highest BCUT2D eigenvalue weighted by Gasteiger charge is 2.08. The number of anilines is 1. The molecule has 2 rings (SSSR count). The van der Waals surface area contributed by atoms with E-state index < -0.39 is 0 Å². The fraction of sp³-hybridized carbons (Fsp3) is 0.316. The summed E-state index contributed by atoms with van der Waals surface area (Å²) in [5, 5.41) is 3.67. The van der Waals surface area contributed by atoms with Gasteiger partial charge in [-0.1, -0.05) is 35.9 Å². The van der Waals surface area contributed by atoms with Gasteiger partial charge in [0.15, 0.2) is 0 Å². The Balaban J connectivity index is 1.78. The zero-order chi connectivity index (χ0) is 17.5. The molecule has 5 heteroatoms. The fourth-order valence-corrected chi connectivity index (χ4v) is 2.47. The molecule has 0 heterocycles. The number of nitrogens with zero attached hydrogens (tertiary/aromatic N) is 2. The Bertz CT molecular complexity index is 653. The summed E-state index contributed by atoms with van der Waals surface area (Å²) in [4.78, 5) is 15.9. The second-order valence-corrected chi connectivity index (χ2v) is 6.46. The SMILES string of the molecule is CN(Cc1ccc(N(C)C)cc1)C(=O)NCCc1ccc(Cl)cc1. The van der Waals surface area contributed by atoms with Crippen molar-refractivity contribution < 1.29 is 4.79 Å². The normalized spacial score (nSPS) is 10.3. The largest absolute Gasteiger partial charge is 0.378 e. The maximum atomic E-state index is 12.2. The van der Waals surface area contributed by atoms with E-state index in [1.54, 1.807) is 11.9 Å². The van der Waals surface area contributed by atoms with Gasteiger partial charge in [0.2, 0.25) is 0 Å². The molecule has 1 N–H and O–H groups in total. The number of carbonyl (C=O) groups is 1. The van der Waals surface area contributed by atoms with Crippen LogP contribution in [0.4, 0.5) is 10.5 Å². The number of nitrogens with one attached hydrogen (secondary N) is 1. The molecule has 0 saturated heterocycles. The van der Waals surface area contributed by atoms with Crippen molar-refractivity contribution in [3.8, 4) is 0 Å². The van der Waals surface area contributed by atoms with E-state index in [4.69, 9.17) is 11.6 Å². The lowest BCUT2D eigenvalue weighted by Gasteiger charge is -2.19. The first-order valence-corrected chi connectivity index (χ1v) is 8.33. The number of hydrogen-bond donors (Lipinski definition) is 1. The Morgan fingerprint density at radius 2 is 1.54 bits per heavy atom. The van der Waals surface area contributed by atoms with Crippen LogP contribution in [0.25, 0.3) is 0 Å². The molecule has 0 saturated carbocycles. The Labute approximate surface area is 149 Å². The smallest absolute Gasteiger partial charge is 0.317 e. The van der Waals surface area contributed by atoms with E-state index in [1.807, 2.05) is 50.5 Å². The van der Waals surface area contributed by atoms with Gasteiger partial charge >= 0.3 is 6.03 Å². The summed E-state index contributed by atoms with van der Waals surface area (Å²) in [5.41, 5.74) is 3.41. The van der Waals surface area contributed by atoms with Crippen molar-refractivity contribution >= 4 is 23.3 Å². The lowest BCUT2D eigenvalue weighted by atomic mass is 10.1. The van der Waals surface area contributed by atoms with E-state index in [1.165, 1.54) is 0 Å². The zero-order valence-electron chi connectivity index (χ0n) is 14.4. The quantitative estimate of drug-likeness (QED) is 0.864. The molecule has 0 unspecified atom stereocenters. The third-order valence-electron chi connectivity index (χ3n) is 3.82. The van der Waals surface area contributed by atoms with Crippen LogP contribution in [0.3, 0.4) is 0 Å². The minimum atomic E-state index is -0.0688. The minimum absolute atomic E-state index is 0.0688. The summed E-state index contributed by atoms with van der Waals surface area (Å²) in [6.45, 7) is 1.19. The van der Waals surface area contributed by atoms with Crippen molar-refractivity contribution in [2.45, 2.75) is 13.0 Å². The van der Waals surface area contributed by atoms with Crippen LogP contribution < -0.4 is 10.2 Å². The van der Waals surface area contributed by atoms with E-state index >= 15 is 0 Å². The molecule has 0 fully saturated rings. The van der Waals surface area contributed by atoms with Crippen molar-refractivity contribution in [1.82, 2.24) is 10.2 Å². The van der Waals surface area contributed by atoms with Gasteiger partial charge < -0.3 is 15.1 Å². The summed E-state index contributed by atoms with van der Waals surface area (Å²) in [6.07, 6.45) is 0.786. The number of amides is 2. The van der Waals surface area contributed by atoms with Gasteiger partial charge in [-0.3, -0.25) is 0 Å². The molecule has 2 aromatic rings.